The summed E-state index contributed by atoms with van der Waals surface area (Å²) in [4.78, 5) is 16.6. The highest BCUT2D eigenvalue weighted by Crippen LogP contribution is 2.36. The van der Waals surface area contributed by atoms with E-state index < -0.39 is 10.0 Å². The Labute approximate surface area is 233 Å². The lowest BCUT2D eigenvalue weighted by atomic mass is 9.87. The zero-order valence-electron chi connectivity index (χ0n) is 22.6. The third kappa shape index (κ3) is 7.77. The van der Waals surface area contributed by atoms with Gasteiger partial charge in [-0.2, -0.15) is 0 Å². The minimum Gasteiger partial charge on any atom is -0.497 e. The van der Waals surface area contributed by atoms with E-state index in [9.17, 15) is 8.42 Å². The lowest BCUT2D eigenvalue weighted by molar-refractivity contribution is 0.305. The van der Waals surface area contributed by atoms with Gasteiger partial charge in [-0.1, -0.05) is 39.0 Å². The number of methoxy groups -OCH3 is 1. The Kier molecular flexibility index (Phi) is 9.80. The maximum absolute atomic E-state index is 13.3. The third-order valence-electron chi connectivity index (χ3n) is 5.49. The van der Waals surface area contributed by atoms with E-state index >= 15 is 0 Å². The number of benzene rings is 2. The molecule has 0 saturated heterocycles. The predicted octanol–water partition coefficient (Wildman–Crippen LogP) is 3.83. The van der Waals surface area contributed by atoms with Crippen LogP contribution in [0.2, 0.25) is 0 Å². The molecule has 212 valence electrons. The van der Waals surface area contributed by atoms with Crippen molar-refractivity contribution in [3.05, 3.63) is 78.9 Å². The van der Waals surface area contributed by atoms with E-state index in [1.165, 1.54) is 6.33 Å². The zero-order valence-corrected chi connectivity index (χ0v) is 23.4. The summed E-state index contributed by atoms with van der Waals surface area (Å²) in [6, 6.07) is 15.5. The molecule has 4 N–H and O–H groups in total. The molecule has 0 aliphatic rings. The Morgan fingerprint density at radius 2 is 1.55 bits per heavy atom. The Morgan fingerprint density at radius 1 is 0.875 bits per heavy atom. The van der Waals surface area contributed by atoms with Crippen molar-refractivity contribution in [2.45, 2.75) is 31.1 Å². The van der Waals surface area contributed by atoms with Gasteiger partial charge in [0.15, 0.2) is 11.6 Å². The van der Waals surface area contributed by atoms with E-state index in [4.69, 9.17) is 14.2 Å². The van der Waals surface area contributed by atoms with Gasteiger partial charge in [-0.15, -0.1) is 0 Å². The van der Waals surface area contributed by atoms with Crippen molar-refractivity contribution < 1.29 is 28.1 Å². The minimum atomic E-state index is -4.00. The van der Waals surface area contributed by atoms with E-state index in [1.54, 1.807) is 74.1 Å². The lowest BCUT2D eigenvalue weighted by Gasteiger charge is -2.19. The topological polar surface area (TPSA) is 169 Å². The lowest BCUT2D eigenvalue weighted by Crippen LogP contribution is -2.18. The normalized spacial score (nSPS) is 11.2. The van der Waals surface area contributed by atoms with E-state index in [2.05, 4.69) is 50.7 Å². The maximum atomic E-state index is 13.3. The van der Waals surface area contributed by atoms with Crippen LogP contribution in [-0.4, -0.2) is 54.1 Å². The summed E-state index contributed by atoms with van der Waals surface area (Å²) in [6.45, 7) is 6.69. The first-order valence-corrected chi connectivity index (χ1v) is 13.6. The van der Waals surface area contributed by atoms with Crippen LogP contribution in [-0.2, 0) is 15.4 Å². The molecule has 13 heteroatoms. The average molecular weight is 569 g/mol. The molecular formula is C27H32N6O6S. The highest BCUT2D eigenvalue weighted by molar-refractivity contribution is 7.92. The number of aromatic nitrogens is 4. The van der Waals surface area contributed by atoms with Crippen LogP contribution in [0.15, 0.2) is 78.2 Å². The zero-order chi connectivity index (χ0) is 27.9. The highest BCUT2D eigenvalue weighted by Gasteiger charge is 2.22. The van der Waals surface area contributed by atoms with E-state index in [0.29, 0.717) is 18.0 Å². The van der Waals surface area contributed by atoms with Crippen LogP contribution in [0, 0.1) is 0 Å². The molecule has 4 rings (SSSR count). The Morgan fingerprint density at radius 3 is 2.23 bits per heavy atom. The predicted molar refractivity (Wildman–Crippen MR) is 151 cm³/mol. The minimum absolute atomic E-state index is 0. The van der Waals surface area contributed by atoms with Crippen molar-refractivity contribution in [3.63, 3.8) is 0 Å². The number of sulfonamides is 1. The molecule has 0 radical (unpaired) electrons. The first-order valence-electron chi connectivity index (χ1n) is 12.1. The van der Waals surface area contributed by atoms with E-state index in [1.807, 2.05) is 0 Å². The molecule has 0 amide bonds. The fraction of sp³-hybridized carbons (Fsp3) is 0.259. The first-order chi connectivity index (χ1) is 18.7. The third-order valence-corrected chi connectivity index (χ3v) is 6.85. The van der Waals surface area contributed by atoms with E-state index in [-0.39, 0.29) is 45.8 Å². The van der Waals surface area contributed by atoms with Gasteiger partial charge >= 0.3 is 6.01 Å². The molecule has 2 heterocycles. The van der Waals surface area contributed by atoms with E-state index in [0.717, 1.165) is 5.56 Å². The van der Waals surface area contributed by atoms with Crippen LogP contribution in [0.5, 0.6) is 23.3 Å². The Balaban J connectivity index is 0.00000441. The molecule has 0 unspecified atom stereocenters. The summed E-state index contributed by atoms with van der Waals surface area (Å²) in [5.41, 5.74) is 0.900. The molecule has 40 heavy (non-hydrogen) atoms. The smallest absolute Gasteiger partial charge is 0.316 e. The SMILES string of the molecule is COc1cccc(Oc2c(NCCOc3ncccn3)ncnc2NS(=O)(=O)c2ccc(C(C)(C)C)cc2)c1.O. The maximum Gasteiger partial charge on any atom is 0.316 e. The molecule has 2 aromatic carbocycles. The molecule has 0 bridgehead atoms. The van der Waals surface area contributed by atoms with Crippen molar-refractivity contribution in [2.24, 2.45) is 0 Å². The second-order valence-corrected chi connectivity index (χ2v) is 11.0. The number of rotatable bonds is 11. The van der Waals surface area contributed by atoms with Crippen LogP contribution in [0.1, 0.15) is 26.3 Å². The van der Waals surface area contributed by atoms with Crippen molar-refractivity contribution in [1.82, 2.24) is 19.9 Å². The summed E-state index contributed by atoms with van der Waals surface area (Å²) in [5, 5.41) is 3.10. The van der Waals surface area contributed by atoms with Crippen LogP contribution in [0.3, 0.4) is 0 Å². The van der Waals surface area contributed by atoms with Gasteiger partial charge in [0.25, 0.3) is 10.0 Å². The highest BCUT2D eigenvalue weighted by atomic mass is 32.2. The number of anilines is 2. The fourth-order valence-corrected chi connectivity index (χ4v) is 4.46. The molecule has 0 fully saturated rings. The van der Waals surface area contributed by atoms with Crippen LogP contribution in [0.4, 0.5) is 11.6 Å². The summed E-state index contributed by atoms with van der Waals surface area (Å²) in [5.74, 6) is 1.26. The Hall–Kier alpha value is -4.49. The molecular weight excluding hydrogens is 536 g/mol. The van der Waals surface area contributed by atoms with Crippen molar-refractivity contribution in [2.75, 3.05) is 30.3 Å². The number of ether oxygens (including phenoxy) is 3. The van der Waals surface area contributed by atoms with Gasteiger partial charge < -0.3 is 25.0 Å². The van der Waals surface area contributed by atoms with Crippen LogP contribution < -0.4 is 24.2 Å². The number of nitrogens with one attached hydrogen (secondary N) is 2. The van der Waals surface area contributed by atoms with Gasteiger partial charge in [-0.25, -0.2) is 28.4 Å². The molecule has 12 nitrogen and oxygen atoms in total. The largest absolute Gasteiger partial charge is 0.497 e. The quantitative estimate of drug-likeness (QED) is 0.254. The molecule has 0 atom stereocenters. The molecule has 0 aliphatic carbocycles. The van der Waals surface area contributed by atoms with Gasteiger partial charge in [-0.3, -0.25) is 4.72 Å². The second-order valence-electron chi connectivity index (χ2n) is 9.37. The monoisotopic (exact) mass is 568 g/mol. The number of hydrogen-bond acceptors (Lipinski definition) is 10. The van der Waals surface area contributed by atoms with Gasteiger partial charge in [0.1, 0.15) is 24.4 Å². The summed E-state index contributed by atoms with van der Waals surface area (Å²) in [7, 11) is -2.45. The molecule has 2 aromatic heterocycles. The van der Waals surface area contributed by atoms with Crippen molar-refractivity contribution in [1.29, 1.82) is 0 Å². The molecule has 4 aromatic rings. The number of nitrogens with zero attached hydrogens (tertiary/aromatic N) is 4. The van der Waals surface area contributed by atoms with Gasteiger partial charge in [0.2, 0.25) is 5.75 Å². The Bertz CT molecular complexity index is 1500. The van der Waals surface area contributed by atoms with Crippen LogP contribution in [0.25, 0.3) is 0 Å². The van der Waals surface area contributed by atoms with Crippen LogP contribution >= 0.6 is 0 Å². The summed E-state index contributed by atoms with van der Waals surface area (Å²) >= 11 is 0. The van der Waals surface area contributed by atoms with Crippen molar-refractivity contribution in [3.8, 4) is 23.3 Å². The summed E-state index contributed by atoms with van der Waals surface area (Å²) < 4.78 is 46.0. The number of hydrogen-bond donors (Lipinski definition) is 2. The van der Waals surface area contributed by atoms with Gasteiger partial charge in [0, 0.05) is 18.5 Å². The van der Waals surface area contributed by atoms with Gasteiger partial charge in [-0.05, 0) is 41.3 Å². The molecule has 0 aliphatic heterocycles. The fourth-order valence-electron chi connectivity index (χ4n) is 3.44. The van der Waals surface area contributed by atoms with Gasteiger partial charge in [0.05, 0.1) is 18.6 Å². The molecule has 0 saturated carbocycles. The first kappa shape index (κ1) is 30.1. The summed E-state index contributed by atoms with van der Waals surface area (Å²) in [6.07, 6.45) is 4.40. The van der Waals surface area contributed by atoms with Crippen molar-refractivity contribution >= 4 is 21.7 Å². The average Bonchev–Trinajstić information content (AvgIpc) is 2.93. The molecule has 0 spiro atoms. The standard InChI is InChI=1S/C27H30N6O5S.H2O/c1-27(2,3)19-9-11-22(12-10-19)39(34,35)33-25-23(38-21-8-5-7-20(17-21)36-4)24(31-18-32-25)28-15-16-37-26-29-13-6-14-30-26;/h5-14,17-18H,15-16H2,1-4H3,(H2,28,31,32,33);1H2. The second kappa shape index (κ2) is 13.0.